The van der Waals surface area contributed by atoms with Crippen molar-refractivity contribution in [3.63, 3.8) is 0 Å². The van der Waals surface area contributed by atoms with Gasteiger partial charge in [0.15, 0.2) is 17.4 Å². The average molecular weight is 391 g/mol. The van der Waals surface area contributed by atoms with Crippen LogP contribution < -0.4 is 4.74 Å². The van der Waals surface area contributed by atoms with Gasteiger partial charge in [-0.1, -0.05) is 30.3 Å². The summed E-state index contributed by atoms with van der Waals surface area (Å²) in [5.41, 5.74) is 1.93. The van der Waals surface area contributed by atoms with Crippen LogP contribution in [0.5, 0.6) is 5.75 Å². The van der Waals surface area contributed by atoms with E-state index in [2.05, 4.69) is 19.1 Å². The lowest BCUT2D eigenvalue weighted by molar-refractivity contribution is 0.0611. The number of aromatic nitrogens is 3. The van der Waals surface area contributed by atoms with Gasteiger partial charge >= 0.3 is 0 Å². The van der Waals surface area contributed by atoms with Crippen molar-refractivity contribution < 1.29 is 13.9 Å². The normalized spacial score (nSPS) is 12.6. The number of hydrogen-bond donors (Lipinski definition) is 0. The van der Waals surface area contributed by atoms with Gasteiger partial charge in [-0.2, -0.15) is 5.10 Å². The predicted molar refractivity (Wildman–Crippen MR) is 112 cm³/mol. The van der Waals surface area contributed by atoms with Crippen LogP contribution >= 0.6 is 0 Å². The quantitative estimate of drug-likeness (QED) is 0.431. The van der Waals surface area contributed by atoms with Gasteiger partial charge in [-0.25, -0.2) is 9.67 Å². The summed E-state index contributed by atoms with van der Waals surface area (Å²) in [6.45, 7) is 6.45. The van der Waals surface area contributed by atoms with Crippen LogP contribution in [0.25, 0.3) is 22.6 Å². The summed E-state index contributed by atoms with van der Waals surface area (Å²) in [5.74, 6) is 2.77. The highest BCUT2D eigenvalue weighted by Gasteiger charge is 2.21. The third-order valence-corrected chi connectivity index (χ3v) is 4.81. The summed E-state index contributed by atoms with van der Waals surface area (Å²) < 4.78 is 19.1. The number of benzene rings is 2. The Kier molecular flexibility index (Phi) is 5.36. The first-order chi connectivity index (χ1) is 14.0. The maximum absolute atomic E-state index is 6.10. The van der Waals surface area contributed by atoms with E-state index in [-0.39, 0.29) is 12.1 Å². The van der Waals surface area contributed by atoms with Crippen LogP contribution in [-0.2, 0) is 11.3 Å². The largest absolute Gasteiger partial charge is 0.497 e. The molecule has 6 heteroatoms. The summed E-state index contributed by atoms with van der Waals surface area (Å²) >= 11 is 0. The van der Waals surface area contributed by atoms with Crippen LogP contribution in [0.2, 0.25) is 0 Å². The van der Waals surface area contributed by atoms with Crippen LogP contribution in [0.3, 0.4) is 0 Å². The number of ether oxygens (including phenoxy) is 2. The van der Waals surface area contributed by atoms with Crippen molar-refractivity contribution in [3.8, 4) is 17.3 Å². The van der Waals surface area contributed by atoms with Crippen molar-refractivity contribution in [1.82, 2.24) is 14.8 Å². The van der Waals surface area contributed by atoms with Crippen molar-refractivity contribution >= 4 is 11.0 Å². The van der Waals surface area contributed by atoms with Crippen LogP contribution in [0.4, 0.5) is 0 Å². The lowest BCUT2D eigenvalue weighted by Gasteiger charge is -2.14. The Hall–Kier alpha value is -3.12. The van der Waals surface area contributed by atoms with Crippen molar-refractivity contribution in [2.45, 2.75) is 39.5 Å². The number of rotatable bonds is 7. The zero-order valence-electron chi connectivity index (χ0n) is 17.1. The van der Waals surface area contributed by atoms with E-state index in [1.807, 2.05) is 61.0 Å². The Morgan fingerprint density at radius 3 is 2.55 bits per heavy atom. The van der Waals surface area contributed by atoms with Gasteiger partial charge in [0.25, 0.3) is 0 Å². The summed E-state index contributed by atoms with van der Waals surface area (Å²) in [7, 11) is 1.65. The molecular formula is C23H25N3O3. The molecule has 2 aromatic heterocycles. The zero-order valence-corrected chi connectivity index (χ0v) is 17.1. The molecule has 1 unspecified atom stereocenters. The van der Waals surface area contributed by atoms with Crippen LogP contribution in [0, 0.1) is 0 Å². The van der Waals surface area contributed by atoms with Crippen molar-refractivity contribution in [3.05, 3.63) is 66.0 Å². The maximum atomic E-state index is 6.10. The second kappa shape index (κ2) is 8.09. The van der Waals surface area contributed by atoms with E-state index in [0.717, 1.165) is 22.3 Å². The molecule has 4 rings (SSSR count). The van der Waals surface area contributed by atoms with E-state index in [0.29, 0.717) is 24.0 Å². The number of hydrogen-bond acceptors (Lipinski definition) is 5. The molecule has 2 aromatic carbocycles. The highest BCUT2D eigenvalue weighted by atomic mass is 16.5. The molecule has 6 nitrogen and oxygen atoms in total. The van der Waals surface area contributed by atoms with Crippen LogP contribution in [0.1, 0.15) is 38.2 Å². The highest BCUT2D eigenvalue weighted by molar-refractivity contribution is 5.83. The zero-order chi connectivity index (χ0) is 20.4. The molecule has 0 fully saturated rings. The Bertz CT molecular complexity index is 1100. The fraction of sp³-hybridized carbons (Fsp3) is 0.304. The van der Waals surface area contributed by atoms with E-state index in [4.69, 9.17) is 24.0 Å². The van der Waals surface area contributed by atoms with E-state index in [1.54, 1.807) is 7.11 Å². The molecule has 4 aromatic rings. The van der Waals surface area contributed by atoms with Crippen LogP contribution in [0.15, 0.2) is 59.0 Å². The molecule has 0 N–H and O–H groups in total. The molecule has 0 radical (unpaired) electrons. The minimum Gasteiger partial charge on any atom is -0.497 e. The lowest BCUT2D eigenvalue weighted by atomic mass is 10.1. The number of methoxy groups -OCH3 is 1. The third kappa shape index (κ3) is 4.03. The highest BCUT2D eigenvalue weighted by Crippen LogP contribution is 2.31. The Morgan fingerprint density at radius 1 is 1.03 bits per heavy atom. The van der Waals surface area contributed by atoms with Gasteiger partial charge < -0.3 is 13.9 Å². The van der Waals surface area contributed by atoms with Gasteiger partial charge in [0.05, 0.1) is 19.3 Å². The smallest absolute Gasteiger partial charge is 0.195 e. The van der Waals surface area contributed by atoms with E-state index >= 15 is 0 Å². The molecule has 0 aliphatic rings. The molecule has 1 atom stereocenters. The summed E-state index contributed by atoms with van der Waals surface area (Å²) in [5, 5.41) is 5.69. The molecule has 0 spiro atoms. The van der Waals surface area contributed by atoms with Gasteiger partial charge in [-0.3, -0.25) is 0 Å². The second-order valence-corrected chi connectivity index (χ2v) is 7.26. The summed E-state index contributed by atoms with van der Waals surface area (Å²) in [6.07, 6.45) is 0.107. The molecule has 0 bridgehead atoms. The summed E-state index contributed by atoms with van der Waals surface area (Å²) in [6, 6.07) is 17.9. The first-order valence-corrected chi connectivity index (χ1v) is 9.75. The first kappa shape index (κ1) is 19.2. The SMILES string of the molecule is COc1ccc2oc(-c3nc(COC(C)C)nn3C(C)c3ccccc3)cc2c1. The Morgan fingerprint density at radius 2 is 1.83 bits per heavy atom. The number of nitrogens with zero attached hydrogens (tertiary/aromatic N) is 3. The first-order valence-electron chi connectivity index (χ1n) is 9.75. The molecule has 0 aliphatic carbocycles. The topological polar surface area (TPSA) is 62.3 Å². The number of furan rings is 1. The third-order valence-electron chi connectivity index (χ3n) is 4.81. The van der Waals surface area contributed by atoms with Crippen molar-refractivity contribution in [2.24, 2.45) is 0 Å². The van der Waals surface area contributed by atoms with Gasteiger partial charge in [0.1, 0.15) is 17.9 Å². The van der Waals surface area contributed by atoms with E-state index < -0.39 is 0 Å². The molecule has 150 valence electrons. The Balaban J connectivity index is 1.78. The fourth-order valence-electron chi connectivity index (χ4n) is 3.24. The number of fused-ring (bicyclic) bond motifs is 1. The minimum absolute atomic E-state index is 0.00533. The van der Waals surface area contributed by atoms with Crippen molar-refractivity contribution in [2.75, 3.05) is 7.11 Å². The molecule has 0 saturated carbocycles. The van der Waals surface area contributed by atoms with Gasteiger partial charge in [-0.05, 0) is 50.6 Å². The van der Waals surface area contributed by atoms with E-state index in [1.165, 1.54) is 0 Å². The predicted octanol–water partition coefficient (Wildman–Crippen LogP) is 5.23. The van der Waals surface area contributed by atoms with Gasteiger partial charge in [-0.15, -0.1) is 0 Å². The molecule has 0 aliphatic heterocycles. The second-order valence-electron chi connectivity index (χ2n) is 7.26. The van der Waals surface area contributed by atoms with Gasteiger partial charge in [0, 0.05) is 5.39 Å². The molecule has 0 amide bonds. The Labute approximate surface area is 170 Å². The van der Waals surface area contributed by atoms with Crippen LogP contribution in [-0.4, -0.2) is 28.0 Å². The fourth-order valence-corrected chi connectivity index (χ4v) is 3.24. The molecular weight excluding hydrogens is 366 g/mol. The van der Waals surface area contributed by atoms with Crippen molar-refractivity contribution in [1.29, 1.82) is 0 Å². The molecule has 0 saturated heterocycles. The van der Waals surface area contributed by atoms with Gasteiger partial charge in [0.2, 0.25) is 0 Å². The minimum atomic E-state index is -0.00533. The molecule has 29 heavy (non-hydrogen) atoms. The average Bonchev–Trinajstić information content (AvgIpc) is 3.35. The maximum Gasteiger partial charge on any atom is 0.195 e. The standard InChI is InChI=1S/C23H25N3O3/c1-15(2)28-14-22-24-23(26(25-22)16(3)17-8-6-5-7-9-17)21-13-18-12-19(27-4)10-11-20(18)29-21/h5-13,15-16H,14H2,1-4H3. The molecule has 2 heterocycles. The summed E-state index contributed by atoms with van der Waals surface area (Å²) in [4.78, 5) is 4.74. The van der Waals surface area contributed by atoms with E-state index in [9.17, 15) is 0 Å². The lowest BCUT2D eigenvalue weighted by Crippen LogP contribution is -2.10. The monoisotopic (exact) mass is 391 g/mol.